The summed E-state index contributed by atoms with van der Waals surface area (Å²) in [4.78, 5) is 14.2. The van der Waals surface area contributed by atoms with E-state index in [0.717, 1.165) is 6.20 Å². The molecule has 0 amide bonds. The number of carboxylic acid groups (broad SMARTS) is 1. The summed E-state index contributed by atoms with van der Waals surface area (Å²) >= 11 is 5.45. The third-order valence-electron chi connectivity index (χ3n) is 2.10. The van der Waals surface area contributed by atoms with Gasteiger partial charge in [-0.25, -0.2) is 8.78 Å². The van der Waals surface area contributed by atoms with Gasteiger partial charge in [-0.05, 0) is 5.56 Å². The predicted molar refractivity (Wildman–Crippen MR) is 54.8 cm³/mol. The van der Waals surface area contributed by atoms with Gasteiger partial charge in [0.2, 0.25) is 0 Å². The van der Waals surface area contributed by atoms with Crippen LogP contribution in [0.2, 0.25) is 0 Å². The molecular formula is C10H7ClF2N2O2. The minimum absolute atomic E-state index is 0.100. The first-order valence-corrected chi connectivity index (χ1v) is 5.01. The molecule has 4 nitrogen and oxygen atoms in total. The Morgan fingerprint density at radius 1 is 1.65 bits per heavy atom. The Balaban J connectivity index is 3.47. The molecule has 0 aliphatic carbocycles. The maximum absolute atomic E-state index is 12.8. The molecule has 0 saturated heterocycles. The molecule has 0 aromatic carbocycles. The third kappa shape index (κ3) is 2.88. The molecule has 0 unspecified atom stereocenters. The molecule has 0 bridgehead atoms. The van der Waals surface area contributed by atoms with Crippen molar-refractivity contribution in [1.82, 2.24) is 4.98 Å². The van der Waals surface area contributed by atoms with E-state index < -0.39 is 24.4 Å². The minimum atomic E-state index is -2.92. The number of rotatable bonds is 4. The molecule has 1 N–H and O–H groups in total. The quantitative estimate of drug-likeness (QED) is 0.843. The smallest absolute Gasteiger partial charge is 0.307 e. The highest BCUT2D eigenvalue weighted by Gasteiger charge is 2.23. The van der Waals surface area contributed by atoms with E-state index in [-0.39, 0.29) is 22.7 Å². The topological polar surface area (TPSA) is 74.0 Å². The summed E-state index contributed by atoms with van der Waals surface area (Å²) in [6, 6.07) is 1.65. The van der Waals surface area contributed by atoms with Crippen molar-refractivity contribution in [2.24, 2.45) is 0 Å². The van der Waals surface area contributed by atoms with Gasteiger partial charge in [0.15, 0.2) is 0 Å². The van der Waals surface area contributed by atoms with Crippen LogP contribution in [-0.4, -0.2) is 16.1 Å². The highest BCUT2D eigenvalue weighted by molar-refractivity contribution is 6.17. The lowest BCUT2D eigenvalue weighted by atomic mass is 9.99. The van der Waals surface area contributed by atoms with E-state index in [0.29, 0.717) is 0 Å². The van der Waals surface area contributed by atoms with Crippen molar-refractivity contribution in [2.75, 3.05) is 0 Å². The molecule has 1 rings (SSSR count). The summed E-state index contributed by atoms with van der Waals surface area (Å²) < 4.78 is 25.7. The maximum Gasteiger partial charge on any atom is 0.307 e. The number of hydrogen-bond donors (Lipinski definition) is 1. The first-order chi connectivity index (χ1) is 8.01. The molecule has 1 aromatic rings. The van der Waals surface area contributed by atoms with Crippen molar-refractivity contribution >= 4 is 17.6 Å². The monoisotopic (exact) mass is 260 g/mol. The van der Waals surface area contributed by atoms with Gasteiger partial charge in [0.05, 0.1) is 23.6 Å². The molecular weight excluding hydrogens is 254 g/mol. The summed E-state index contributed by atoms with van der Waals surface area (Å²) in [6.45, 7) is 0. The van der Waals surface area contributed by atoms with Gasteiger partial charge in [0, 0.05) is 11.8 Å². The van der Waals surface area contributed by atoms with Gasteiger partial charge in [-0.2, -0.15) is 5.26 Å². The number of hydrogen-bond acceptors (Lipinski definition) is 3. The van der Waals surface area contributed by atoms with E-state index >= 15 is 0 Å². The second-order valence-electron chi connectivity index (χ2n) is 3.13. The van der Waals surface area contributed by atoms with Gasteiger partial charge in [-0.3, -0.25) is 9.78 Å². The van der Waals surface area contributed by atoms with Crippen molar-refractivity contribution in [3.8, 4) is 6.07 Å². The van der Waals surface area contributed by atoms with Crippen LogP contribution in [0.1, 0.15) is 28.8 Å². The molecule has 17 heavy (non-hydrogen) atoms. The summed E-state index contributed by atoms with van der Waals surface area (Å²) in [7, 11) is 0. The van der Waals surface area contributed by atoms with Crippen LogP contribution in [0.4, 0.5) is 8.78 Å². The van der Waals surface area contributed by atoms with Crippen LogP contribution in [0.3, 0.4) is 0 Å². The number of halogens is 3. The van der Waals surface area contributed by atoms with Crippen LogP contribution < -0.4 is 0 Å². The number of aromatic nitrogens is 1. The zero-order valence-corrected chi connectivity index (χ0v) is 9.21. The maximum atomic E-state index is 12.8. The van der Waals surface area contributed by atoms with Gasteiger partial charge < -0.3 is 5.11 Å². The lowest BCUT2D eigenvalue weighted by Gasteiger charge is -2.12. The van der Waals surface area contributed by atoms with Crippen molar-refractivity contribution in [3.63, 3.8) is 0 Å². The number of nitriles is 1. The second-order valence-corrected chi connectivity index (χ2v) is 3.39. The van der Waals surface area contributed by atoms with Gasteiger partial charge in [0.25, 0.3) is 6.43 Å². The Labute approximate surface area is 100 Å². The number of pyridine rings is 1. The molecule has 0 fully saturated rings. The van der Waals surface area contributed by atoms with Crippen LogP contribution in [0.5, 0.6) is 0 Å². The van der Waals surface area contributed by atoms with E-state index in [2.05, 4.69) is 4.98 Å². The molecule has 0 spiro atoms. The van der Waals surface area contributed by atoms with Gasteiger partial charge >= 0.3 is 5.97 Å². The molecule has 1 aromatic heterocycles. The normalized spacial score (nSPS) is 10.3. The Kier molecular flexibility index (Phi) is 4.35. The molecule has 0 aliphatic heterocycles. The van der Waals surface area contributed by atoms with Crippen LogP contribution in [-0.2, 0) is 17.1 Å². The van der Waals surface area contributed by atoms with Gasteiger partial charge in [-0.15, -0.1) is 11.6 Å². The van der Waals surface area contributed by atoms with Gasteiger partial charge in [0.1, 0.15) is 6.07 Å². The van der Waals surface area contributed by atoms with Crippen LogP contribution in [0, 0.1) is 11.3 Å². The van der Waals surface area contributed by atoms with E-state index in [1.54, 1.807) is 6.07 Å². The molecule has 1 heterocycles. The summed E-state index contributed by atoms with van der Waals surface area (Å²) in [6.07, 6.45) is -2.52. The van der Waals surface area contributed by atoms with Crippen molar-refractivity contribution in [2.45, 2.75) is 18.7 Å². The van der Waals surface area contributed by atoms with E-state index in [9.17, 15) is 13.6 Å². The molecule has 0 saturated carbocycles. The van der Waals surface area contributed by atoms with Crippen molar-refractivity contribution < 1.29 is 18.7 Å². The van der Waals surface area contributed by atoms with E-state index in [4.69, 9.17) is 22.0 Å². The fraction of sp³-hybridized carbons (Fsp3) is 0.300. The fourth-order valence-corrected chi connectivity index (χ4v) is 1.62. The molecule has 90 valence electrons. The summed E-state index contributed by atoms with van der Waals surface area (Å²) in [5.41, 5.74) is -1.05. The fourth-order valence-electron chi connectivity index (χ4n) is 1.41. The Bertz CT molecular complexity index is 486. The standard InChI is InChI=1S/C10H7ClF2N2O2/c11-2-7-9(10(12)13)6(1-8(16)17)5(3-14)4-15-7/h4,10H,1-2H2,(H,16,17). The Morgan fingerprint density at radius 3 is 2.71 bits per heavy atom. The summed E-state index contributed by atoms with van der Waals surface area (Å²) in [5.74, 6) is -1.56. The van der Waals surface area contributed by atoms with E-state index in [1.807, 2.05) is 0 Å². The molecule has 7 heteroatoms. The Hall–Kier alpha value is -1.74. The third-order valence-corrected chi connectivity index (χ3v) is 2.36. The van der Waals surface area contributed by atoms with Gasteiger partial charge in [-0.1, -0.05) is 0 Å². The molecule has 0 radical (unpaired) electrons. The number of carboxylic acids is 1. The minimum Gasteiger partial charge on any atom is -0.481 e. The van der Waals surface area contributed by atoms with Crippen molar-refractivity contribution in [3.05, 3.63) is 28.6 Å². The number of nitrogens with zero attached hydrogens (tertiary/aromatic N) is 2. The average molecular weight is 261 g/mol. The number of carbonyl (C=O) groups is 1. The largest absolute Gasteiger partial charge is 0.481 e. The van der Waals surface area contributed by atoms with E-state index in [1.165, 1.54) is 0 Å². The first kappa shape index (κ1) is 13.3. The lowest BCUT2D eigenvalue weighted by Crippen LogP contribution is -2.10. The zero-order valence-electron chi connectivity index (χ0n) is 8.45. The Morgan fingerprint density at radius 2 is 2.29 bits per heavy atom. The average Bonchev–Trinajstić information content (AvgIpc) is 2.27. The SMILES string of the molecule is N#Cc1cnc(CCl)c(C(F)F)c1CC(=O)O. The molecule has 0 atom stereocenters. The van der Waals surface area contributed by atoms with Crippen molar-refractivity contribution in [1.29, 1.82) is 5.26 Å². The zero-order chi connectivity index (χ0) is 13.0. The number of aliphatic carboxylic acids is 1. The predicted octanol–water partition coefficient (Wildman–Crippen LogP) is 2.26. The highest BCUT2D eigenvalue weighted by Crippen LogP contribution is 2.29. The lowest BCUT2D eigenvalue weighted by molar-refractivity contribution is -0.136. The first-order valence-electron chi connectivity index (χ1n) is 4.47. The number of alkyl halides is 3. The summed E-state index contributed by atoms with van der Waals surface area (Å²) in [5, 5.41) is 17.4. The van der Waals surface area contributed by atoms with Crippen LogP contribution in [0.15, 0.2) is 6.20 Å². The second kappa shape index (κ2) is 5.55. The molecule has 0 aliphatic rings. The highest BCUT2D eigenvalue weighted by atomic mass is 35.5. The van der Waals surface area contributed by atoms with Crippen LogP contribution >= 0.6 is 11.6 Å². The van der Waals surface area contributed by atoms with Crippen LogP contribution in [0.25, 0.3) is 0 Å².